The predicted molar refractivity (Wildman–Crippen MR) is 183 cm³/mol. The zero-order chi connectivity index (χ0) is 31.0. The molecule has 0 aliphatic heterocycles. The van der Waals surface area contributed by atoms with E-state index in [4.69, 9.17) is 8.83 Å². The maximum atomic E-state index is 13.6. The van der Waals surface area contributed by atoms with Gasteiger partial charge in [0, 0.05) is 23.3 Å². The van der Waals surface area contributed by atoms with Crippen molar-refractivity contribution in [3.05, 3.63) is 169 Å². The average Bonchev–Trinajstić information content (AvgIpc) is 3.80. The van der Waals surface area contributed by atoms with Crippen molar-refractivity contribution >= 4 is 44.3 Å². The van der Waals surface area contributed by atoms with Crippen molar-refractivity contribution in [3.63, 3.8) is 0 Å². The molecule has 0 N–H and O–H groups in total. The minimum atomic E-state index is 0.0661. The number of allylic oxidation sites excluding steroid dienone is 1. The van der Waals surface area contributed by atoms with Crippen molar-refractivity contribution in [2.45, 2.75) is 20.0 Å². The van der Waals surface area contributed by atoms with Crippen molar-refractivity contribution in [1.82, 2.24) is 4.57 Å². The molecule has 3 heterocycles. The number of rotatable bonds is 8. The molecule has 8 aromatic rings. The van der Waals surface area contributed by atoms with E-state index >= 15 is 0 Å². The first-order valence-electron chi connectivity index (χ1n) is 15.5. The third-order valence-corrected chi connectivity index (χ3v) is 8.72. The van der Waals surface area contributed by atoms with Crippen molar-refractivity contribution in [2.75, 3.05) is 0 Å². The van der Waals surface area contributed by atoms with E-state index in [1.54, 1.807) is 0 Å². The molecule has 0 radical (unpaired) electrons. The van der Waals surface area contributed by atoms with Gasteiger partial charge in [-0.25, -0.2) is 9.13 Å². The van der Waals surface area contributed by atoms with E-state index in [0.29, 0.717) is 12.1 Å². The fourth-order valence-corrected chi connectivity index (χ4v) is 6.29. The van der Waals surface area contributed by atoms with Gasteiger partial charge in [0.25, 0.3) is 5.82 Å². The lowest BCUT2D eigenvalue weighted by molar-refractivity contribution is -0.664. The lowest BCUT2D eigenvalue weighted by Crippen LogP contribution is -2.40. The second-order valence-corrected chi connectivity index (χ2v) is 11.5. The zero-order valence-electron chi connectivity index (χ0n) is 25.4. The Bertz CT molecular complexity index is 2250. The van der Waals surface area contributed by atoms with Gasteiger partial charge in [0.2, 0.25) is 5.78 Å². The third-order valence-electron chi connectivity index (χ3n) is 8.72. The predicted octanol–water partition coefficient (Wildman–Crippen LogP) is 9.41. The Morgan fingerprint density at radius 1 is 0.674 bits per heavy atom. The monoisotopic (exact) mass is 599 g/mol. The number of benzene rings is 5. The maximum absolute atomic E-state index is 13.6. The van der Waals surface area contributed by atoms with Gasteiger partial charge < -0.3 is 8.83 Å². The molecule has 5 aromatic carbocycles. The summed E-state index contributed by atoms with van der Waals surface area (Å²) < 4.78 is 17.0. The second kappa shape index (κ2) is 11.5. The molecule has 8 rings (SSSR count). The topological polar surface area (TPSA) is 52.2 Å². The highest BCUT2D eigenvalue weighted by Gasteiger charge is 2.24. The fourth-order valence-electron chi connectivity index (χ4n) is 6.29. The van der Waals surface area contributed by atoms with Gasteiger partial charge in [0.1, 0.15) is 29.2 Å². The number of ketones is 1. The Kier molecular flexibility index (Phi) is 6.92. The van der Waals surface area contributed by atoms with Gasteiger partial charge in [-0.3, -0.25) is 4.79 Å². The molecule has 0 saturated heterocycles. The van der Waals surface area contributed by atoms with E-state index in [1.165, 1.54) is 0 Å². The highest BCUT2D eigenvalue weighted by molar-refractivity contribution is 5.96. The summed E-state index contributed by atoms with van der Waals surface area (Å²) in [6.07, 6.45) is 2.16. The summed E-state index contributed by atoms with van der Waals surface area (Å²) in [5.41, 5.74) is 7.52. The molecule has 5 nitrogen and oxygen atoms in total. The number of carbonyl (C=O) groups is 1. The summed E-state index contributed by atoms with van der Waals surface area (Å²) in [7, 11) is 0. The van der Waals surface area contributed by atoms with Crippen LogP contribution in [0.1, 0.15) is 27.7 Å². The van der Waals surface area contributed by atoms with Gasteiger partial charge >= 0.3 is 0 Å². The molecule has 46 heavy (non-hydrogen) atoms. The summed E-state index contributed by atoms with van der Waals surface area (Å²) >= 11 is 0. The fraction of sp³-hybridized carbons (Fsp3) is 0.0732. The van der Waals surface area contributed by atoms with Crippen LogP contribution >= 0.6 is 0 Å². The molecule has 0 saturated carbocycles. The molecule has 0 aliphatic rings. The quantitative estimate of drug-likeness (QED) is 0.129. The minimum Gasteiger partial charge on any atom is -0.456 e. The van der Waals surface area contributed by atoms with E-state index in [2.05, 4.69) is 70.7 Å². The number of aromatic nitrogens is 2. The summed E-state index contributed by atoms with van der Waals surface area (Å²) in [6.45, 7) is 2.87. The van der Waals surface area contributed by atoms with Crippen LogP contribution in [0.15, 0.2) is 154 Å². The van der Waals surface area contributed by atoms with E-state index in [-0.39, 0.29) is 12.3 Å². The van der Waals surface area contributed by atoms with Crippen molar-refractivity contribution in [3.8, 4) is 11.1 Å². The normalized spacial score (nSPS) is 11.4. The van der Waals surface area contributed by atoms with Crippen LogP contribution < -0.4 is 4.57 Å². The lowest BCUT2D eigenvalue weighted by atomic mass is 10.0. The Morgan fingerprint density at radius 2 is 1.24 bits per heavy atom. The molecule has 0 aliphatic carbocycles. The SMILES string of the molecule is Cc1n(CC=C(c2cc3ccccc3o2)c2cc3ccccc3o2)c2ccccc2[n+]1CC(=O)c1ccc(-c2ccccc2)cc1. The van der Waals surface area contributed by atoms with Gasteiger partial charge in [-0.1, -0.05) is 103 Å². The number of para-hydroxylation sites is 4. The number of imidazole rings is 1. The van der Waals surface area contributed by atoms with Crippen LogP contribution in [-0.2, 0) is 13.1 Å². The maximum Gasteiger partial charge on any atom is 0.254 e. The van der Waals surface area contributed by atoms with Crippen LogP contribution in [-0.4, -0.2) is 10.4 Å². The molecule has 0 atom stereocenters. The molecule has 0 bridgehead atoms. The number of nitrogens with zero attached hydrogens (tertiary/aromatic N) is 2. The minimum absolute atomic E-state index is 0.0661. The van der Waals surface area contributed by atoms with E-state index in [0.717, 1.165) is 67.0 Å². The number of furan rings is 2. The van der Waals surface area contributed by atoms with E-state index in [9.17, 15) is 4.79 Å². The Balaban J connectivity index is 1.16. The molecule has 0 amide bonds. The van der Waals surface area contributed by atoms with Crippen molar-refractivity contribution in [2.24, 2.45) is 0 Å². The first-order chi connectivity index (χ1) is 22.6. The average molecular weight is 600 g/mol. The molecule has 5 heteroatoms. The Morgan fingerprint density at radius 3 is 1.89 bits per heavy atom. The number of carbonyl (C=O) groups excluding carboxylic acids is 1. The first-order valence-corrected chi connectivity index (χ1v) is 15.5. The molecular formula is C41H31N2O3+. The first kappa shape index (κ1) is 27.6. The van der Waals surface area contributed by atoms with E-state index in [1.807, 2.05) is 91.0 Å². The number of hydrogen-bond donors (Lipinski definition) is 0. The third kappa shape index (κ3) is 5.02. The van der Waals surface area contributed by atoms with Crippen LogP contribution in [0.3, 0.4) is 0 Å². The Hall–Kier alpha value is -5.94. The lowest BCUT2D eigenvalue weighted by Gasteiger charge is -2.05. The van der Waals surface area contributed by atoms with Gasteiger partial charge in [-0.2, -0.15) is 0 Å². The number of fused-ring (bicyclic) bond motifs is 3. The van der Waals surface area contributed by atoms with Gasteiger partial charge in [0.05, 0.1) is 5.57 Å². The highest BCUT2D eigenvalue weighted by atomic mass is 16.4. The van der Waals surface area contributed by atoms with Crippen molar-refractivity contribution < 1.29 is 18.2 Å². The van der Waals surface area contributed by atoms with E-state index < -0.39 is 0 Å². The summed E-state index contributed by atoms with van der Waals surface area (Å²) in [4.78, 5) is 13.6. The zero-order valence-corrected chi connectivity index (χ0v) is 25.4. The summed E-state index contributed by atoms with van der Waals surface area (Å²) in [6, 6.07) is 46.5. The Labute approximate surface area is 266 Å². The molecule has 0 fully saturated rings. The van der Waals surface area contributed by atoms with Gasteiger partial charge in [-0.05, 0) is 53.6 Å². The van der Waals surface area contributed by atoms with Crippen LogP contribution in [0.5, 0.6) is 0 Å². The molecule has 3 aromatic heterocycles. The molecule has 222 valence electrons. The number of Topliss-reactive ketones (excluding diaryl/α,β-unsaturated/α-hetero) is 1. The molecule has 0 unspecified atom stereocenters. The molecular weight excluding hydrogens is 568 g/mol. The highest BCUT2D eigenvalue weighted by Crippen LogP contribution is 2.33. The smallest absolute Gasteiger partial charge is 0.254 e. The standard InChI is InChI=1S/C41H31N2O3/c1-28-42(24-23-34(40-25-32-13-5-9-17-38(32)45-40)41-26-33-14-6-10-18-39(33)46-41)35-15-7-8-16-36(35)43(28)27-37(44)31-21-19-30(20-22-31)29-11-3-2-4-12-29/h2-23,25-26H,24,27H2,1H3/q+1. The van der Waals surface area contributed by atoms with Crippen molar-refractivity contribution in [1.29, 1.82) is 0 Å². The van der Waals surface area contributed by atoms with Crippen LogP contribution in [0.2, 0.25) is 0 Å². The second-order valence-electron chi connectivity index (χ2n) is 11.5. The van der Waals surface area contributed by atoms with Gasteiger partial charge in [0.15, 0.2) is 17.6 Å². The van der Waals surface area contributed by atoms with Crippen LogP contribution in [0, 0.1) is 6.92 Å². The van der Waals surface area contributed by atoms with Crippen LogP contribution in [0.25, 0.3) is 49.7 Å². The van der Waals surface area contributed by atoms with Gasteiger partial charge in [-0.15, -0.1) is 0 Å². The number of hydrogen-bond acceptors (Lipinski definition) is 3. The largest absolute Gasteiger partial charge is 0.456 e. The summed E-state index contributed by atoms with van der Waals surface area (Å²) in [5.74, 6) is 2.55. The summed E-state index contributed by atoms with van der Waals surface area (Å²) in [5, 5.41) is 2.07. The van der Waals surface area contributed by atoms with Crippen LogP contribution in [0.4, 0.5) is 0 Å². The molecule has 0 spiro atoms.